The van der Waals surface area contributed by atoms with Crippen molar-refractivity contribution in [2.75, 3.05) is 13.2 Å². The summed E-state index contributed by atoms with van der Waals surface area (Å²) in [6.45, 7) is 3.22. The Bertz CT molecular complexity index is 116. The molecule has 0 aromatic heterocycles. The highest BCUT2D eigenvalue weighted by molar-refractivity contribution is 5.08. The first-order valence-corrected chi connectivity index (χ1v) is 3.25. The molecule has 0 aromatic carbocycles. The maximum atomic E-state index is 9.05. The number of hydrogen-bond donors (Lipinski definition) is 1. The zero-order chi connectivity index (χ0) is 6.69. The van der Waals surface area contributed by atoms with E-state index in [0.717, 1.165) is 18.6 Å². The highest BCUT2D eigenvalue weighted by atomic mass is 16.5. The Morgan fingerprint density at radius 3 is 2.89 bits per heavy atom. The lowest BCUT2D eigenvalue weighted by atomic mass is 10.1. The second kappa shape index (κ2) is 2.99. The fourth-order valence-corrected chi connectivity index (χ4v) is 0.921. The first-order valence-electron chi connectivity index (χ1n) is 3.25. The van der Waals surface area contributed by atoms with Crippen LogP contribution in [0.2, 0.25) is 0 Å². The third-order valence-electron chi connectivity index (χ3n) is 1.54. The molecule has 0 saturated carbocycles. The van der Waals surface area contributed by atoms with Gasteiger partial charge in [-0.3, -0.25) is 0 Å². The lowest BCUT2D eigenvalue weighted by Crippen LogP contribution is -2.13. The number of hydrogen-bond acceptors (Lipinski definition) is 2. The predicted molar refractivity (Wildman–Crippen MR) is 35.2 cm³/mol. The third kappa shape index (κ3) is 1.80. The average molecular weight is 128 g/mol. The average Bonchev–Trinajstić information content (AvgIpc) is 1.90. The summed E-state index contributed by atoms with van der Waals surface area (Å²) in [5.74, 6) is 0. The minimum atomic E-state index is -0.283. The maximum Gasteiger partial charge on any atom is 0.0723 e. The van der Waals surface area contributed by atoms with Crippen LogP contribution < -0.4 is 0 Å². The predicted octanol–water partition coefficient (Wildman–Crippen LogP) is 0.714. The van der Waals surface area contributed by atoms with Crippen LogP contribution in [0.5, 0.6) is 0 Å². The van der Waals surface area contributed by atoms with Crippen LogP contribution in [0.4, 0.5) is 0 Å². The second-order valence-corrected chi connectivity index (χ2v) is 2.28. The molecular weight excluding hydrogens is 116 g/mol. The zero-order valence-corrected chi connectivity index (χ0v) is 5.63. The van der Waals surface area contributed by atoms with Gasteiger partial charge in [0.1, 0.15) is 0 Å². The summed E-state index contributed by atoms with van der Waals surface area (Å²) in [6.07, 6.45) is 2.56. The van der Waals surface area contributed by atoms with E-state index in [9.17, 15) is 0 Å². The molecule has 0 spiro atoms. The van der Waals surface area contributed by atoms with Crippen LogP contribution in [0.25, 0.3) is 0 Å². The van der Waals surface area contributed by atoms with Crippen molar-refractivity contribution in [3.05, 3.63) is 11.6 Å². The SMILES string of the molecule is CC(O)C1=CCOCC1. The van der Waals surface area contributed by atoms with Gasteiger partial charge in [0.15, 0.2) is 0 Å². The Labute approximate surface area is 55.1 Å². The van der Waals surface area contributed by atoms with Gasteiger partial charge < -0.3 is 9.84 Å². The van der Waals surface area contributed by atoms with Crippen molar-refractivity contribution in [3.8, 4) is 0 Å². The van der Waals surface area contributed by atoms with Crippen LogP contribution in [0.15, 0.2) is 11.6 Å². The molecule has 1 unspecified atom stereocenters. The van der Waals surface area contributed by atoms with E-state index >= 15 is 0 Å². The number of aliphatic hydroxyl groups excluding tert-OH is 1. The van der Waals surface area contributed by atoms with Gasteiger partial charge in [-0.2, -0.15) is 0 Å². The van der Waals surface area contributed by atoms with Crippen molar-refractivity contribution in [1.82, 2.24) is 0 Å². The molecule has 0 saturated heterocycles. The molecule has 1 heterocycles. The topological polar surface area (TPSA) is 29.5 Å². The van der Waals surface area contributed by atoms with Gasteiger partial charge in [0.2, 0.25) is 0 Å². The van der Waals surface area contributed by atoms with Gasteiger partial charge in [-0.1, -0.05) is 6.08 Å². The molecule has 1 aliphatic heterocycles. The van der Waals surface area contributed by atoms with Crippen molar-refractivity contribution >= 4 is 0 Å². The van der Waals surface area contributed by atoms with Crippen LogP contribution in [-0.2, 0) is 4.74 Å². The van der Waals surface area contributed by atoms with E-state index in [1.54, 1.807) is 6.92 Å². The summed E-state index contributed by atoms with van der Waals surface area (Å²) in [5.41, 5.74) is 1.11. The number of rotatable bonds is 1. The van der Waals surface area contributed by atoms with Gasteiger partial charge in [0, 0.05) is 0 Å². The van der Waals surface area contributed by atoms with Gasteiger partial charge in [-0.25, -0.2) is 0 Å². The molecule has 2 heteroatoms. The minimum Gasteiger partial charge on any atom is -0.389 e. The molecular formula is C7H12O2. The van der Waals surface area contributed by atoms with Gasteiger partial charge in [0.25, 0.3) is 0 Å². The first-order chi connectivity index (χ1) is 4.30. The Balaban J connectivity index is 2.46. The van der Waals surface area contributed by atoms with E-state index in [4.69, 9.17) is 9.84 Å². The van der Waals surface area contributed by atoms with Crippen molar-refractivity contribution in [2.24, 2.45) is 0 Å². The number of aliphatic hydroxyl groups is 1. The van der Waals surface area contributed by atoms with Crippen LogP contribution in [0.1, 0.15) is 13.3 Å². The third-order valence-corrected chi connectivity index (χ3v) is 1.54. The van der Waals surface area contributed by atoms with Gasteiger partial charge in [0.05, 0.1) is 19.3 Å². The molecule has 9 heavy (non-hydrogen) atoms. The monoisotopic (exact) mass is 128 g/mol. The Hall–Kier alpha value is -0.340. The molecule has 0 fully saturated rings. The van der Waals surface area contributed by atoms with E-state index in [0.29, 0.717) is 6.61 Å². The minimum absolute atomic E-state index is 0.283. The van der Waals surface area contributed by atoms with E-state index in [1.165, 1.54) is 0 Å². The summed E-state index contributed by atoms with van der Waals surface area (Å²) in [5, 5.41) is 9.05. The molecule has 0 radical (unpaired) electrons. The standard InChI is InChI=1S/C7H12O2/c1-6(8)7-2-4-9-5-3-7/h2,6,8H,3-5H2,1H3. The van der Waals surface area contributed by atoms with Crippen LogP contribution in [0, 0.1) is 0 Å². The fourth-order valence-electron chi connectivity index (χ4n) is 0.921. The molecule has 0 bridgehead atoms. The fraction of sp³-hybridized carbons (Fsp3) is 0.714. The van der Waals surface area contributed by atoms with E-state index < -0.39 is 0 Å². The molecule has 52 valence electrons. The van der Waals surface area contributed by atoms with Crippen molar-refractivity contribution in [3.63, 3.8) is 0 Å². The summed E-state index contributed by atoms with van der Waals surface area (Å²) in [6, 6.07) is 0. The molecule has 0 aliphatic carbocycles. The van der Waals surface area contributed by atoms with E-state index in [1.807, 2.05) is 6.08 Å². The highest BCUT2D eigenvalue weighted by Gasteiger charge is 2.07. The van der Waals surface area contributed by atoms with Gasteiger partial charge in [-0.05, 0) is 18.9 Å². The second-order valence-electron chi connectivity index (χ2n) is 2.28. The highest BCUT2D eigenvalue weighted by Crippen LogP contribution is 2.10. The van der Waals surface area contributed by atoms with Crippen LogP contribution in [-0.4, -0.2) is 24.4 Å². The summed E-state index contributed by atoms with van der Waals surface area (Å²) < 4.78 is 5.06. The molecule has 1 atom stereocenters. The molecule has 1 rings (SSSR count). The van der Waals surface area contributed by atoms with Crippen LogP contribution in [0.3, 0.4) is 0 Å². The van der Waals surface area contributed by atoms with E-state index in [2.05, 4.69) is 0 Å². The Morgan fingerprint density at radius 1 is 1.78 bits per heavy atom. The van der Waals surface area contributed by atoms with E-state index in [-0.39, 0.29) is 6.10 Å². The van der Waals surface area contributed by atoms with Crippen molar-refractivity contribution in [2.45, 2.75) is 19.4 Å². The zero-order valence-electron chi connectivity index (χ0n) is 5.63. The lowest BCUT2D eigenvalue weighted by Gasteiger charge is -2.14. The summed E-state index contributed by atoms with van der Waals surface area (Å²) in [4.78, 5) is 0. The van der Waals surface area contributed by atoms with Gasteiger partial charge >= 0.3 is 0 Å². The molecule has 0 amide bonds. The Morgan fingerprint density at radius 2 is 2.56 bits per heavy atom. The summed E-state index contributed by atoms with van der Waals surface area (Å²) >= 11 is 0. The Kier molecular flexibility index (Phi) is 2.25. The molecule has 2 nitrogen and oxygen atoms in total. The van der Waals surface area contributed by atoms with Crippen molar-refractivity contribution < 1.29 is 9.84 Å². The molecule has 0 aromatic rings. The normalized spacial score (nSPS) is 23.1. The summed E-state index contributed by atoms with van der Waals surface area (Å²) in [7, 11) is 0. The smallest absolute Gasteiger partial charge is 0.0723 e. The maximum absolute atomic E-state index is 9.05. The largest absolute Gasteiger partial charge is 0.389 e. The molecule has 1 aliphatic rings. The van der Waals surface area contributed by atoms with Crippen molar-refractivity contribution in [1.29, 1.82) is 0 Å². The lowest BCUT2D eigenvalue weighted by molar-refractivity contribution is 0.137. The van der Waals surface area contributed by atoms with Gasteiger partial charge in [-0.15, -0.1) is 0 Å². The first kappa shape index (κ1) is 6.78. The quantitative estimate of drug-likeness (QED) is 0.527. The number of ether oxygens (including phenoxy) is 1. The molecule has 1 N–H and O–H groups in total. The van der Waals surface area contributed by atoms with Crippen LogP contribution >= 0.6 is 0 Å².